The molecule has 0 radical (unpaired) electrons. The summed E-state index contributed by atoms with van der Waals surface area (Å²) in [6, 6.07) is 84.9. The molecular formula is C70H38N2O2S4. The molecule has 18 rings (SSSR count). The van der Waals surface area contributed by atoms with Gasteiger partial charge < -0.3 is 18.6 Å². The van der Waals surface area contributed by atoms with Crippen molar-refractivity contribution in [1.82, 2.24) is 0 Å². The maximum Gasteiger partial charge on any atom is 0.135 e. The Kier molecular flexibility index (Phi) is 8.99. The fraction of sp³-hybridized carbons (Fsp3) is 0. The Morgan fingerprint density at radius 2 is 0.513 bits per heavy atom. The molecule has 6 heterocycles. The molecule has 364 valence electrons. The first kappa shape index (κ1) is 43.1. The first-order valence-corrected chi connectivity index (χ1v) is 29.4. The van der Waals surface area contributed by atoms with Crippen LogP contribution in [0.1, 0.15) is 0 Å². The molecular weight excluding hydrogens is 1030 g/mol. The monoisotopic (exact) mass is 1070 g/mol. The lowest BCUT2D eigenvalue weighted by atomic mass is 10.0. The quantitative estimate of drug-likeness (QED) is 0.166. The number of nitrogens with zero attached hydrogens (tertiary/aromatic N) is 2. The summed E-state index contributed by atoms with van der Waals surface area (Å²) in [6.07, 6.45) is 0. The average Bonchev–Trinajstić information content (AvgIpc) is 4.54. The molecule has 12 aromatic carbocycles. The van der Waals surface area contributed by atoms with E-state index >= 15 is 0 Å². The average molecular weight is 1070 g/mol. The highest BCUT2D eigenvalue weighted by molar-refractivity contribution is 7.28. The van der Waals surface area contributed by atoms with Crippen molar-refractivity contribution >= 4 is 215 Å². The van der Waals surface area contributed by atoms with E-state index in [4.69, 9.17) is 8.83 Å². The predicted octanol–water partition coefficient (Wildman–Crippen LogP) is 23.0. The van der Waals surface area contributed by atoms with Crippen LogP contribution in [0.2, 0.25) is 0 Å². The van der Waals surface area contributed by atoms with E-state index in [1.807, 2.05) is 57.5 Å². The first-order valence-electron chi connectivity index (χ1n) is 26.1. The lowest BCUT2D eigenvalue weighted by Gasteiger charge is -2.26. The number of hydrogen-bond donors (Lipinski definition) is 0. The number of benzene rings is 12. The molecule has 0 amide bonds. The van der Waals surface area contributed by atoms with Crippen LogP contribution in [-0.4, -0.2) is 0 Å². The molecule has 0 N–H and O–H groups in total. The number of rotatable bonds is 6. The van der Waals surface area contributed by atoms with Crippen LogP contribution in [0.25, 0.3) is 135 Å². The van der Waals surface area contributed by atoms with Gasteiger partial charge in [-0.15, -0.1) is 45.3 Å². The molecule has 18 aromatic rings. The standard InChI is InChI=1S/C70H38N2O2S4/c1-5-13-59-45(9-1)55-33-39(19-29-61(55)73-59)71(41-21-31-65-57(35-41)47-11-3-7-15-63(47)75-65)43-17-23-49-51-25-27-54-53(69(51)77-67(49)37-43)28-26-52-50-24-18-44(38-68(50)78-70(52)54)72(40-20-30-62-56(34-40)46-10-2-6-14-60(46)74-62)42-22-32-66-58(36-42)48-12-4-8-16-64(48)76-66/h1-38H. The van der Waals surface area contributed by atoms with E-state index in [9.17, 15) is 0 Å². The second-order valence-electron chi connectivity index (χ2n) is 20.3. The summed E-state index contributed by atoms with van der Waals surface area (Å²) in [6.45, 7) is 0. The minimum absolute atomic E-state index is 0.888. The van der Waals surface area contributed by atoms with Gasteiger partial charge in [-0.25, -0.2) is 0 Å². The van der Waals surface area contributed by atoms with Gasteiger partial charge in [-0.1, -0.05) is 109 Å². The van der Waals surface area contributed by atoms with Gasteiger partial charge in [0.1, 0.15) is 22.3 Å². The molecule has 0 saturated heterocycles. The summed E-state index contributed by atoms with van der Waals surface area (Å²) in [5.41, 5.74) is 10.2. The van der Waals surface area contributed by atoms with Gasteiger partial charge in [0.05, 0.1) is 0 Å². The lowest BCUT2D eigenvalue weighted by Crippen LogP contribution is -2.09. The summed E-state index contributed by atoms with van der Waals surface area (Å²) in [5, 5.41) is 17.3. The predicted molar refractivity (Wildman–Crippen MR) is 339 cm³/mol. The highest BCUT2D eigenvalue weighted by Gasteiger charge is 2.22. The van der Waals surface area contributed by atoms with Gasteiger partial charge in [0, 0.05) is 147 Å². The zero-order chi connectivity index (χ0) is 50.7. The van der Waals surface area contributed by atoms with Crippen LogP contribution in [0.15, 0.2) is 239 Å². The third kappa shape index (κ3) is 6.31. The van der Waals surface area contributed by atoms with E-state index in [2.05, 4.69) is 228 Å². The smallest absolute Gasteiger partial charge is 0.135 e. The number of anilines is 6. The van der Waals surface area contributed by atoms with Crippen molar-refractivity contribution in [3.05, 3.63) is 231 Å². The normalized spacial score (nSPS) is 12.4. The Bertz CT molecular complexity index is 5000. The first-order chi connectivity index (χ1) is 38.6. The summed E-state index contributed by atoms with van der Waals surface area (Å²) in [5.74, 6) is 0. The molecule has 0 aliphatic heterocycles. The van der Waals surface area contributed by atoms with Crippen LogP contribution in [0.4, 0.5) is 34.1 Å². The zero-order valence-electron chi connectivity index (χ0n) is 41.3. The lowest BCUT2D eigenvalue weighted by molar-refractivity contribution is 0.668. The van der Waals surface area contributed by atoms with Crippen molar-refractivity contribution < 1.29 is 8.83 Å². The second-order valence-corrected chi connectivity index (χ2v) is 24.6. The van der Waals surface area contributed by atoms with Crippen molar-refractivity contribution in [3.63, 3.8) is 0 Å². The number of para-hydroxylation sites is 2. The fourth-order valence-corrected chi connectivity index (χ4v) is 17.1. The second kappa shape index (κ2) is 16.3. The highest BCUT2D eigenvalue weighted by Crippen LogP contribution is 2.50. The highest BCUT2D eigenvalue weighted by atomic mass is 32.1. The number of hydrogen-bond acceptors (Lipinski definition) is 8. The van der Waals surface area contributed by atoms with E-state index in [1.165, 1.54) is 91.5 Å². The van der Waals surface area contributed by atoms with E-state index in [0.717, 1.165) is 78.0 Å². The van der Waals surface area contributed by atoms with Gasteiger partial charge in [-0.2, -0.15) is 0 Å². The maximum atomic E-state index is 6.33. The summed E-state index contributed by atoms with van der Waals surface area (Å²) in [7, 11) is 0. The van der Waals surface area contributed by atoms with Crippen molar-refractivity contribution in [3.8, 4) is 0 Å². The van der Waals surface area contributed by atoms with Gasteiger partial charge in [0.15, 0.2) is 0 Å². The molecule has 4 nitrogen and oxygen atoms in total. The Morgan fingerprint density at radius 3 is 0.974 bits per heavy atom. The third-order valence-corrected chi connectivity index (χ3v) is 20.7. The summed E-state index contributed by atoms with van der Waals surface area (Å²) in [4.78, 5) is 4.84. The zero-order valence-corrected chi connectivity index (χ0v) is 44.5. The van der Waals surface area contributed by atoms with Crippen molar-refractivity contribution in [2.45, 2.75) is 0 Å². The van der Waals surface area contributed by atoms with Crippen LogP contribution in [0, 0.1) is 0 Å². The SMILES string of the molecule is c1ccc2c(c1)oc1ccc(N(c3ccc4c(c3)sc3c4ccc4c3ccc3c5ccc(N(c6ccc7oc8ccccc8c7c6)c6ccc7sc8ccccc8c7c6)cc5sc34)c3ccc4sc5ccccc5c4c3)cc12. The third-order valence-electron chi connectivity index (χ3n) is 16.0. The molecule has 8 heteroatoms. The van der Waals surface area contributed by atoms with E-state index in [-0.39, 0.29) is 0 Å². The summed E-state index contributed by atoms with van der Waals surface area (Å²) >= 11 is 7.50. The number of furan rings is 2. The Morgan fingerprint density at radius 1 is 0.205 bits per heavy atom. The largest absolute Gasteiger partial charge is 0.456 e. The molecule has 0 spiro atoms. The van der Waals surface area contributed by atoms with E-state index < -0.39 is 0 Å². The minimum Gasteiger partial charge on any atom is -0.456 e. The molecule has 0 fully saturated rings. The Balaban J connectivity index is 0.783. The molecule has 6 aromatic heterocycles. The summed E-state index contributed by atoms with van der Waals surface area (Å²) < 4.78 is 23.0. The van der Waals surface area contributed by atoms with Gasteiger partial charge in [0.2, 0.25) is 0 Å². The molecule has 0 unspecified atom stereocenters. The molecule has 0 aliphatic carbocycles. The molecule has 0 saturated carbocycles. The van der Waals surface area contributed by atoms with Crippen molar-refractivity contribution in [2.75, 3.05) is 9.80 Å². The van der Waals surface area contributed by atoms with Crippen molar-refractivity contribution in [1.29, 1.82) is 0 Å². The van der Waals surface area contributed by atoms with E-state index in [0.29, 0.717) is 0 Å². The van der Waals surface area contributed by atoms with E-state index in [1.54, 1.807) is 0 Å². The van der Waals surface area contributed by atoms with Crippen LogP contribution < -0.4 is 9.80 Å². The van der Waals surface area contributed by atoms with Gasteiger partial charge in [0.25, 0.3) is 0 Å². The number of fused-ring (bicyclic) bond motifs is 21. The topological polar surface area (TPSA) is 32.8 Å². The molecule has 0 atom stereocenters. The minimum atomic E-state index is 0.888. The fourth-order valence-electron chi connectivity index (χ4n) is 12.4. The van der Waals surface area contributed by atoms with Gasteiger partial charge in [-0.3, -0.25) is 0 Å². The Labute approximate surface area is 460 Å². The van der Waals surface area contributed by atoms with Gasteiger partial charge in [-0.05, 0) is 121 Å². The molecule has 78 heavy (non-hydrogen) atoms. The van der Waals surface area contributed by atoms with Crippen LogP contribution in [0.3, 0.4) is 0 Å². The van der Waals surface area contributed by atoms with Crippen LogP contribution in [0.5, 0.6) is 0 Å². The molecule has 0 bridgehead atoms. The van der Waals surface area contributed by atoms with Crippen LogP contribution >= 0.6 is 45.3 Å². The van der Waals surface area contributed by atoms with Crippen molar-refractivity contribution in [2.24, 2.45) is 0 Å². The van der Waals surface area contributed by atoms with Gasteiger partial charge >= 0.3 is 0 Å². The number of thiophene rings is 4. The van der Waals surface area contributed by atoms with Crippen LogP contribution in [-0.2, 0) is 0 Å². The Hall–Kier alpha value is -9.02. The maximum absolute atomic E-state index is 6.33. The molecule has 0 aliphatic rings.